The maximum atomic E-state index is 11.8. The van der Waals surface area contributed by atoms with Crippen molar-refractivity contribution < 1.29 is 18.3 Å². The lowest BCUT2D eigenvalue weighted by atomic mass is 10.2. The number of nitrogens with one attached hydrogen (secondary N) is 1. The number of hydrogen-bond donors (Lipinski definition) is 2. The van der Waals surface area contributed by atoms with E-state index < -0.39 is 16.0 Å². The van der Waals surface area contributed by atoms with E-state index in [4.69, 9.17) is 5.11 Å². The first-order valence-corrected chi connectivity index (χ1v) is 8.58. The van der Waals surface area contributed by atoms with Crippen molar-refractivity contribution in [1.82, 2.24) is 9.62 Å². The first-order chi connectivity index (χ1) is 9.94. The summed E-state index contributed by atoms with van der Waals surface area (Å²) < 4.78 is 26.1. The van der Waals surface area contributed by atoms with Crippen LogP contribution >= 0.6 is 0 Å². The zero-order valence-electron chi connectivity index (χ0n) is 11.7. The van der Waals surface area contributed by atoms with Crippen LogP contribution in [0.3, 0.4) is 0 Å². The van der Waals surface area contributed by atoms with Crippen LogP contribution in [0.25, 0.3) is 0 Å². The van der Waals surface area contributed by atoms with Gasteiger partial charge < -0.3 is 5.11 Å². The maximum Gasteiger partial charge on any atom is 0.304 e. The summed E-state index contributed by atoms with van der Waals surface area (Å²) in [5.41, 5.74) is 1.20. The molecule has 116 valence electrons. The Morgan fingerprint density at radius 2 is 2.05 bits per heavy atom. The van der Waals surface area contributed by atoms with E-state index in [2.05, 4.69) is 9.62 Å². The molecule has 1 aromatic carbocycles. The lowest BCUT2D eigenvalue weighted by molar-refractivity contribution is -0.136. The fourth-order valence-electron chi connectivity index (χ4n) is 2.45. The number of nitrogens with zero attached hydrogens (tertiary/aromatic N) is 1. The molecule has 0 spiro atoms. The average Bonchev–Trinajstić information content (AvgIpc) is 2.84. The van der Waals surface area contributed by atoms with E-state index in [1.807, 2.05) is 30.3 Å². The Kier molecular flexibility index (Phi) is 5.33. The van der Waals surface area contributed by atoms with Gasteiger partial charge in [-0.2, -0.15) is 0 Å². The first-order valence-electron chi connectivity index (χ1n) is 6.93. The normalized spacial score (nSPS) is 19.7. The summed E-state index contributed by atoms with van der Waals surface area (Å²) in [6, 6.07) is 9.89. The number of carboxylic acid groups (broad SMARTS) is 1. The average molecular weight is 312 g/mol. The Morgan fingerprint density at radius 1 is 1.33 bits per heavy atom. The zero-order valence-corrected chi connectivity index (χ0v) is 12.6. The second-order valence-electron chi connectivity index (χ2n) is 5.29. The lowest BCUT2D eigenvalue weighted by Gasteiger charge is -2.16. The molecule has 1 saturated heterocycles. The van der Waals surface area contributed by atoms with Gasteiger partial charge in [0.15, 0.2) is 0 Å². The van der Waals surface area contributed by atoms with Crippen molar-refractivity contribution in [1.29, 1.82) is 0 Å². The molecule has 0 amide bonds. The fourth-order valence-corrected chi connectivity index (χ4v) is 3.71. The number of hydrogen-bond acceptors (Lipinski definition) is 4. The van der Waals surface area contributed by atoms with Gasteiger partial charge in [-0.05, 0) is 12.0 Å². The largest absolute Gasteiger partial charge is 0.481 e. The van der Waals surface area contributed by atoms with Crippen LogP contribution in [0.15, 0.2) is 30.3 Å². The molecule has 1 atom stereocenters. The number of carboxylic acids is 1. The Balaban J connectivity index is 1.81. The van der Waals surface area contributed by atoms with Crippen LogP contribution < -0.4 is 4.72 Å². The highest BCUT2D eigenvalue weighted by atomic mass is 32.2. The Hall–Kier alpha value is -1.44. The van der Waals surface area contributed by atoms with Crippen molar-refractivity contribution in [2.75, 3.05) is 18.8 Å². The predicted octanol–water partition coefficient (Wildman–Crippen LogP) is 0.655. The van der Waals surface area contributed by atoms with Gasteiger partial charge in [0.1, 0.15) is 0 Å². The summed E-state index contributed by atoms with van der Waals surface area (Å²) >= 11 is 0. The van der Waals surface area contributed by atoms with Gasteiger partial charge in [0, 0.05) is 25.7 Å². The number of carbonyl (C=O) groups is 1. The van der Waals surface area contributed by atoms with Gasteiger partial charge in [-0.3, -0.25) is 9.69 Å². The molecule has 1 aliphatic rings. The zero-order chi connectivity index (χ0) is 15.3. The molecule has 1 unspecified atom stereocenters. The van der Waals surface area contributed by atoms with Crippen molar-refractivity contribution in [3.63, 3.8) is 0 Å². The Labute approximate surface area is 124 Å². The monoisotopic (exact) mass is 312 g/mol. The van der Waals surface area contributed by atoms with Gasteiger partial charge in [-0.25, -0.2) is 13.1 Å². The van der Waals surface area contributed by atoms with Crippen LogP contribution in [-0.4, -0.2) is 49.3 Å². The van der Waals surface area contributed by atoms with E-state index in [9.17, 15) is 13.2 Å². The minimum absolute atomic E-state index is 0.132. The first kappa shape index (κ1) is 15.9. The topological polar surface area (TPSA) is 86.7 Å². The number of rotatable bonds is 7. The van der Waals surface area contributed by atoms with Crippen molar-refractivity contribution in [2.45, 2.75) is 25.4 Å². The van der Waals surface area contributed by atoms with Crippen molar-refractivity contribution in [2.24, 2.45) is 0 Å². The van der Waals surface area contributed by atoms with Gasteiger partial charge in [0.2, 0.25) is 10.0 Å². The third-order valence-corrected chi connectivity index (χ3v) is 4.89. The summed E-state index contributed by atoms with van der Waals surface area (Å²) in [5, 5.41) is 8.54. The fraction of sp³-hybridized carbons (Fsp3) is 0.500. The molecule has 21 heavy (non-hydrogen) atoms. The molecule has 0 radical (unpaired) electrons. The maximum absolute atomic E-state index is 11.8. The highest BCUT2D eigenvalue weighted by Crippen LogP contribution is 2.14. The summed E-state index contributed by atoms with van der Waals surface area (Å²) in [6.07, 6.45) is 0.384. The number of likely N-dealkylation sites (tertiary alicyclic amines) is 1. The van der Waals surface area contributed by atoms with E-state index in [1.54, 1.807) is 0 Å². The van der Waals surface area contributed by atoms with Crippen molar-refractivity contribution in [3.8, 4) is 0 Å². The summed E-state index contributed by atoms with van der Waals surface area (Å²) in [5.74, 6) is -1.46. The molecular formula is C14H20N2O4S. The minimum Gasteiger partial charge on any atom is -0.481 e. The molecular weight excluding hydrogens is 292 g/mol. The molecule has 6 nitrogen and oxygen atoms in total. The lowest BCUT2D eigenvalue weighted by Crippen LogP contribution is -2.38. The van der Waals surface area contributed by atoms with Gasteiger partial charge in [0.05, 0.1) is 12.2 Å². The number of benzene rings is 1. The van der Waals surface area contributed by atoms with Gasteiger partial charge in [-0.15, -0.1) is 0 Å². The molecule has 1 fully saturated rings. The van der Waals surface area contributed by atoms with Crippen LogP contribution in [0.1, 0.15) is 18.4 Å². The second-order valence-corrected chi connectivity index (χ2v) is 7.16. The quantitative estimate of drug-likeness (QED) is 0.772. The minimum atomic E-state index is -3.51. The van der Waals surface area contributed by atoms with E-state index in [-0.39, 0.29) is 18.2 Å². The van der Waals surface area contributed by atoms with Gasteiger partial charge in [-0.1, -0.05) is 30.3 Å². The highest BCUT2D eigenvalue weighted by Gasteiger charge is 2.26. The van der Waals surface area contributed by atoms with E-state index in [1.165, 1.54) is 5.56 Å². The van der Waals surface area contributed by atoms with Gasteiger partial charge >= 0.3 is 5.97 Å². The predicted molar refractivity (Wildman–Crippen MR) is 79.3 cm³/mol. The number of aliphatic carboxylic acids is 1. The van der Waals surface area contributed by atoms with E-state index in [0.29, 0.717) is 6.54 Å². The molecule has 1 aromatic rings. The molecule has 2 rings (SSSR count). The molecule has 0 aromatic heterocycles. The van der Waals surface area contributed by atoms with Crippen molar-refractivity contribution >= 4 is 16.0 Å². The molecule has 2 N–H and O–H groups in total. The van der Waals surface area contributed by atoms with E-state index in [0.717, 1.165) is 19.5 Å². The van der Waals surface area contributed by atoms with Crippen molar-refractivity contribution in [3.05, 3.63) is 35.9 Å². The second kappa shape index (κ2) is 7.02. The highest BCUT2D eigenvalue weighted by molar-refractivity contribution is 7.89. The third-order valence-electron chi connectivity index (χ3n) is 3.45. The standard InChI is InChI=1S/C14H20N2O4S/c17-14(18)7-9-21(19,20)15-13-6-8-16(11-13)10-12-4-2-1-3-5-12/h1-5,13,15H,6-11H2,(H,17,18). The summed E-state index contributed by atoms with van der Waals surface area (Å²) in [4.78, 5) is 12.6. The molecule has 0 bridgehead atoms. The SMILES string of the molecule is O=C(O)CCS(=O)(=O)NC1CCN(Cc2ccccc2)C1. The molecule has 7 heteroatoms. The molecule has 1 aliphatic heterocycles. The smallest absolute Gasteiger partial charge is 0.304 e. The Bertz CT molecular complexity index is 574. The summed E-state index contributed by atoms with van der Waals surface area (Å²) in [7, 11) is -3.51. The molecule has 0 aliphatic carbocycles. The van der Waals surface area contributed by atoms with Crippen LogP contribution in [-0.2, 0) is 21.4 Å². The Morgan fingerprint density at radius 3 is 2.71 bits per heavy atom. The van der Waals surface area contributed by atoms with Crippen LogP contribution in [0.4, 0.5) is 0 Å². The molecule has 1 heterocycles. The van der Waals surface area contributed by atoms with Gasteiger partial charge in [0.25, 0.3) is 0 Å². The molecule has 0 saturated carbocycles. The summed E-state index contributed by atoms with van der Waals surface area (Å²) in [6.45, 7) is 2.29. The number of sulfonamides is 1. The van der Waals surface area contributed by atoms with Crippen LogP contribution in [0.5, 0.6) is 0 Å². The van der Waals surface area contributed by atoms with Crippen LogP contribution in [0, 0.1) is 0 Å². The van der Waals surface area contributed by atoms with E-state index >= 15 is 0 Å². The third kappa shape index (κ3) is 5.45. The van der Waals surface area contributed by atoms with Crippen LogP contribution in [0.2, 0.25) is 0 Å².